The van der Waals surface area contributed by atoms with Gasteiger partial charge in [0, 0.05) is 18.7 Å². The molecule has 0 atom stereocenters. The van der Waals surface area contributed by atoms with Crippen molar-refractivity contribution in [3.05, 3.63) is 108 Å². The Balaban J connectivity index is 0.00000225. The fourth-order valence-electron chi connectivity index (χ4n) is 2.63. The number of halogens is 1. The summed E-state index contributed by atoms with van der Waals surface area (Å²) in [4.78, 5) is 2.38. The second kappa shape index (κ2) is 10.4. The smallest absolute Gasteiger partial charge is 0.0611 e. The van der Waals surface area contributed by atoms with E-state index in [9.17, 15) is 0 Å². The zero-order valence-corrected chi connectivity index (χ0v) is 15.0. The normalized spacial score (nSPS) is 9.80. The van der Waals surface area contributed by atoms with Gasteiger partial charge in [-0.05, 0) is 23.3 Å². The van der Waals surface area contributed by atoms with Crippen molar-refractivity contribution in [2.45, 2.75) is 13.1 Å². The molecule has 0 aliphatic carbocycles. The van der Waals surface area contributed by atoms with Crippen LogP contribution in [0.4, 0.5) is 0 Å². The van der Waals surface area contributed by atoms with E-state index in [0.29, 0.717) is 0 Å². The standard InChI is InChI=1S/C23H21N.ClH/c1-4-11-21(12-5-1)17-10-18-24(19-22-13-6-2-7-14-22)20-23-15-8-3-9-16-23;/h1-9,11-16H,18-20H2;1H. The maximum Gasteiger partial charge on any atom is 0.0611 e. The van der Waals surface area contributed by atoms with Crippen molar-refractivity contribution >= 4 is 12.4 Å². The van der Waals surface area contributed by atoms with E-state index in [1.165, 1.54) is 11.1 Å². The maximum atomic E-state index is 3.32. The minimum atomic E-state index is 0. The summed E-state index contributed by atoms with van der Waals surface area (Å²) in [6, 6.07) is 31.3. The Morgan fingerprint density at radius 1 is 0.600 bits per heavy atom. The molecule has 0 N–H and O–H groups in total. The average molecular weight is 348 g/mol. The lowest BCUT2D eigenvalue weighted by atomic mass is 10.1. The van der Waals surface area contributed by atoms with Gasteiger partial charge in [-0.3, -0.25) is 4.90 Å². The Hall–Kier alpha value is -2.53. The molecule has 0 bridgehead atoms. The summed E-state index contributed by atoms with van der Waals surface area (Å²) in [5.74, 6) is 6.57. The van der Waals surface area contributed by atoms with Crippen LogP contribution in [0.15, 0.2) is 91.0 Å². The van der Waals surface area contributed by atoms with Crippen molar-refractivity contribution in [3.8, 4) is 11.8 Å². The second-order valence-corrected chi connectivity index (χ2v) is 5.78. The molecule has 0 radical (unpaired) electrons. The summed E-state index contributed by atoms with van der Waals surface area (Å²) in [5, 5.41) is 0. The van der Waals surface area contributed by atoms with E-state index >= 15 is 0 Å². The molecule has 25 heavy (non-hydrogen) atoms. The van der Waals surface area contributed by atoms with Gasteiger partial charge in [0.1, 0.15) is 0 Å². The molecule has 0 amide bonds. The van der Waals surface area contributed by atoms with Crippen molar-refractivity contribution < 1.29 is 0 Å². The Labute approximate surface area is 156 Å². The minimum Gasteiger partial charge on any atom is -0.284 e. The van der Waals surface area contributed by atoms with E-state index in [-0.39, 0.29) is 12.4 Å². The Morgan fingerprint density at radius 2 is 1.04 bits per heavy atom. The summed E-state index contributed by atoms with van der Waals surface area (Å²) in [6.45, 7) is 2.55. The molecular weight excluding hydrogens is 326 g/mol. The number of nitrogens with zero attached hydrogens (tertiary/aromatic N) is 1. The first-order valence-electron chi connectivity index (χ1n) is 8.24. The second-order valence-electron chi connectivity index (χ2n) is 5.78. The van der Waals surface area contributed by atoms with Crippen LogP contribution in [0.3, 0.4) is 0 Å². The molecule has 126 valence electrons. The van der Waals surface area contributed by atoms with Gasteiger partial charge in [0.05, 0.1) is 6.54 Å². The summed E-state index contributed by atoms with van der Waals surface area (Å²) in [7, 11) is 0. The van der Waals surface area contributed by atoms with Gasteiger partial charge in [0.25, 0.3) is 0 Å². The molecule has 0 aliphatic rings. The predicted molar refractivity (Wildman–Crippen MR) is 108 cm³/mol. The first-order valence-corrected chi connectivity index (χ1v) is 8.24. The molecule has 2 heteroatoms. The third kappa shape index (κ3) is 6.47. The molecule has 3 aromatic rings. The molecule has 0 aliphatic heterocycles. The van der Waals surface area contributed by atoms with Crippen LogP contribution >= 0.6 is 12.4 Å². The third-order valence-corrected chi connectivity index (χ3v) is 3.81. The van der Waals surface area contributed by atoms with Crippen molar-refractivity contribution in [1.29, 1.82) is 0 Å². The molecule has 0 heterocycles. The van der Waals surface area contributed by atoms with E-state index in [1.807, 2.05) is 30.3 Å². The van der Waals surface area contributed by atoms with Crippen molar-refractivity contribution in [2.75, 3.05) is 6.54 Å². The average Bonchev–Trinajstić information content (AvgIpc) is 2.64. The van der Waals surface area contributed by atoms with E-state index < -0.39 is 0 Å². The molecule has 0 saturated heterocycles. The number of benzene rings is 3. The summed E-state index contributed by atoms with van der Waals surface area (Å²) >= 11 is 0. The molecule has 0 aromatic heterocycles. The topological polar surface area (TPSA) is 3.24 Å². The molecule has 0 unspecified atom stereocenters. The first-order chi connectivity index (χ1) is 11.9. The van der Waals surface area contributed by atoms with Gasteiger partial charge in [-0.15, -0.1) is 12.4 Å². The van der Waals surface area contributed by atoms with Crippen molar-refractivity contribution in [2.24, 2.45) is 0 Å². The van der Waals surface area contributed by atoms with Gasteiger partial charge < -0.3 is 0 Å². The van der Waals surface area contributed by atoms with E-state index in [0.717, 1.165) is 25.2 Å². The van der Waals surface area contributed by atoms with E-state index in [4.69, 9.17) is 0 Å². The zero-order chi connectivity index (χ0) is 16.5. The molecule has 3 aromatic carbocycles. The Bertz CT molecular complexity index is 748. The Kier molecular flexibility index (Phi) is 7.79. The first kappa shape index (κ1) is 18.8. The molecular formula is C23H22ClN. The summed E-state index contributed by atoms with van der Waals surface area (Å²) < 4.78 is 0. The molecule has 1 nitrogen and oxygen atoms in total. The van der Waals surface area contributed by atoms with Gasteiger partial charge in [-0.25, -0.2) is 0 Å². The highest BCUT2D eigenvalue weighted by atomic mass is 35.5. The van der Waals surface area contributed by atoms with Crippen LogP contribution in [-0.2, 0) is 13.1 Å². The van der Waals surface area contributed by atoms with Crippen LogP contribution in [0, 0.1) is 11.8 Å². The third-order valence-electron chi connectivity index (χ3n) is 3.81. The molecule has 0 fully saturated rings. The number of rotatable bonds is 5. The maximum absolute atomic E-state index is 3.32. The lowest BCUT2D eigenvalue weighted by Crippen LogP contribution is -2.23. The highest BCUT2D eigenvalue weighted by Gasteiger charge is 2.05. The van der Waals surface area contributed by atoms with E-state index in [2.05, 4.69) is 77.4 Å². The Morgan fingerprint density at radius 3 is 1.52 bits per heavy atom. The highest BCUT2D eigenvalue weighted by molar-refractivity contribution is 5.85. The van der Waals surface area contributed by atoms with Crippen LogP contribution in [0.1, 0.15) is 16.7 Å². The highest BCUT2D eigenvalue weighted by Crippen LogP contribution is 2.09. The predicted octanol–water partition coefficient (Wildman–Crippen LogP) is 5.16. The molecule has 3 rings (SSSR count). The minimum absolute atomic E-state index is 0. The quantitative estimate of drug-likeness (QED) is 0.576. The van der Waals surface area contributed by atoms with Crippen LogP contribution in [0.2, 0.25) is 0 Å². The lowest BCUT2D eigenvalue weighted by Gasteiger charge is -2.20. The molecule has 0 spiro atoms. The van der Waals surface area contributed by atoms with Crippen molar-refractivity contribution in [3.63, 3.8) is 0 Å². The summed E-state index contributed by atoms with van der Waals surface area (Å²) in [6.07, 6.45) is 0. The monoisotopic (exact) mass is 347 g/mol. The van der Waals surface area contributed by atoms with Gasteiger partial charge in [-0.1, -0.05) is 90.7 Å². The largest absolute Gasteiger partial charge is 0.284 e. The van der Waals surface area contributed by atoms with Crippen LogP contribution in [0.25, 0.3) is 0 Å². The van der Waals surface area contributed by atoms with Gasteiger partial charge in [0.2, 0.25) is 0 Å². The van der Waals surface area contributed by atoms with Crippen LogP contribution in [0.5, 0.6) is 0 Å². The fourth-order valence-corrected chi connectivity index (χ4v) is 2.63. The fraction of sp³-hybridized carbons (Fsp3) is 0.130. The van der Waals surface area contributed by atoms with Gasteiger partial charge in [-0.2, -0.15) is 0 Å². The SMILES string of the molecule is C(#Cc1ccccc1)CN(Cc1ccccc1)Cc1ccccc1.Cl. The molecule has 0 saturated carbocycles. The van der Waals surface area contributed by atoms with Gasteiger partial charge >= 0.3 is 0 Å². The van der Waals surface area contributed by atoms with Gasteiger partial charge in [0.15, 0.2) is 0 Å². The zero-order valence-electron chi connectivity index (χ0n) is 14.1. The van der Waals surface area contributed by atoms with E-state index in [1.54, 1.807) is 0 Å². The van der Waals surface area contributed by atoms with Crippen LogP contribution in [-0.4, -0.2) is 11.4 Å². The number of hydrogen-bond donors (Lipinski definition) is 0. The van der Waals surface area contributed by atoms with Crippen molar-refractivity contribution in [1.82, 2.24) is 4.90 Å². The summed E-state index contributed by atoms with van der Waals surface area (Å²) in [5.41, 5.74) is 3.70. The van der Waals surface area contributed by atoms with Crippen LogP contribution < -0.4 is 0 Å². The lowest BCUT2D eigenvalue weighted by molar-refractivity contribution is 0.290. The number of hydrogen-bond acceptors (Lipinski definition) is 1.